The van der Waals surface area contributed by atoms with Crippen molar-refractivity contribution in [3.8, 4) is 0 Å². The monoisotopic (exact) mass is 416 g/mol. The first-order valence-corrected chi connectivity index (χ1v) is 11.3. The second kappa shape index (κ2) is 8.88. The summed E-state index contributed by atoms with van der Waals surface area (Å²) in [5.74, 6) is 1.85. The molecular formula is C24H28N6O. The molecule has 2 aliphatic rings. The summed E-state index contributed by atoms with van der Waals surface area (Å²) in [5, 5.41) is 10.0. The molecule has 1 amide bonds. The van der Waals surface area contributed by atoms with Gasteiger partial charge in [0.15, 0.2) is 11.6 Å². The molecule has 0 bridgehead atoms. The Morgan fingerprint density at radius 3 is 2.00 bits per heavy atom. The summed E-state index contributed by atoms with van der Waals surface area (Å²) in [4.78, 5) is 23.9. The second-order valence-electron chi connectivity index (χ2n) is 8.32. The van der Waals surface area contributed by atoms with Gasteiger partial charge in [0.1, 0.15) is 5.69 Å². The average Bonchev–Trinajstić information content (AvgIpc) is 3.13. The molecule has 0 saturated carbocycles. The van der Waals surface area contributed by atoms with Crippen LogP contribution >= 0.6 is 0 Å². The first-order valence-electron chi connectivity index (χ1n) is 11.3. The number of para-hydroxylation sites is 1. The standard InChI is InChI=1S/C24H28N6O/c31-24(21-10-9-19-7-3-4-8-20(19)25-21)30-17-15-29(16-18-30)23-12-11-22(26-27-23)28-13-5-1-2-6-14-28/h3-4,7-12H,1-2,5-6,13-18H2. The molecule has 2 aromatic heterocycles. The molecule has 3 aromatic rings. The number of hydrogen-bond donors (Lipinski definition) is 0. The molecule has 31 heavy (non-hydrogen) atoms. The van der Waals surface area contributed by atoms with Gasteiger partial charge in [0.05, 0.1) is 5.52 Å². The van der Waals surface area contributed by atoms with Crippen LogP contribution in [0.4, 0.5) is 11.6 Å². The number of carbonyl (C=O) groups excluding carboxylic acids is 1. The fraction of sp³-hybridized carbons (Fsp3) is 0.417. The van der Waals surface area contributed by atoms with E-state index in [-0.39, 0.29) is 5.91 Å². The van der Waals surface area contributed by atoms with E-state index in [1.165, 1.54) is 25.7 Å². The Morgan fingerprint density at radius 2 is 1.32 bits per heavy atom. The van der Waals surface area contributed by atoms with Crippen LogP contribution in [0.25, 0.3) is 10.9 Å². The van der Waals surface area contributed by atoms with Crippen molar-refractivity contribution in [1.82, 2.24) is 20.1 Å². The Bertz CT molecular complexity index is 1040. The van der Waals surface area contributed by atoms with Crippen LogP contribution in [0.15, 0.2) is 48.5 Å². The summed E-state index contributed by atoms with van der Waals surface area (Å²) in [5.41, 5.74) is 1.36. The van der Waals surface area contributed by atoms with Crippen molar-refractivity contribution in [3.63, 3.8) is 0 Å². The maximum atomic E-state index is 12.9. The van der Waals surface area contributed by atoms with E-state index >= 15 is 0 Å². The third-order valence-corrected chi connectivity index (χ3v) is 6.27. The minimum absolute atomic E-state index is 0.00648. The van der Waals surface area contributed by atoms with Gasteiger partial charge in [-0.1, -0.05) is 37.1 Å². The number of hydrogen-bond acceptors (Lipinski definition) is 6. The summed E-state index contributed by atoms with van der Waals surface area (Å²) in [6, 6.07) is 15.8. The largest absolute Gasteiger partial charge is 0.355 e. The second-order valence-corrected chi connectivity index (χ2v) is 8.32. The third kappa shape index (κ3) is 4.31. The van der Waals surface area contributed by atoms with Gasteiger partial charge < -0.3 is 14.7 Å². The van der Waals surface area contributed by atoms with E-state index in [1.54, 1.807) is 0 Å². The molecule has 5 rings (SSSR count). The van der Waals surface area contributed by atoms with Crippen molar-refractivity contribution in [2.75, 3.05) is 49.1 Å². The van der Waals surface area contributed by atoms with Gasteiger partial charge in [-0.15, -0.1) is 10.2 Å². The van der Waals surface area contributed by atoms with Crippen molar-refractivity contribution in [2.45, 2.75) is 25.7 Å². The summed E-state index contributed by atoms with van der Waals surface area (Å²) in [6.07, 6.45) is 5.07. The number of benzene rings is 1. The van der Waals surface area contributed by atoms with E-state index in [0.717, 1.165) is 48.7 Å². The summed E-state index contributed by atoms with van der Waals surface area (Å²) in [7, 11) is 0. The number of anilines is 2. The highest BCUT2D eigenvalue weighted by molar-refractivity contribution is 5.95. The van der Waals surface area contributed by atoms with Crippen LogP contribution < -0.4 is 9.80 Å². The van der Waals surface area contributed by atoms with Gasteiger partial charge >= 0.3 is 0 Å². The van der Waals surface area contributed by atoms with E-state index in [1.807, 2.05) is 41.3 Å². The van der Waals surface area contributed by atoms with E-state index < -0.39 is 0 Å². The van der Waals surface area contributed by atoms with E-state index in [9.17, 15) is 4.79 Å². The van der Waals surface area contributed by atoms with Crippen LogP contribution in [0.2, 0.25) is 0 Å². The van der Waals surface area contributed by atoms with Crippen LogP contribution in [0.1, 0.15) is 36.2 Å². The SMILES string of the molecule is O=C(c1ccc2ccccc2n1)N1CCN(c2ccc(N3CCCCCC3)nn2)CC1. The van der Waals surface area contributed by atoms with Crippen LogP contribution in [-0.4, -0.2) is 65.3 Å². The Kier molecular flexibility index (Phi) is 5.65. The lowest BCUT2D eigenvalue weighted by atomic mass is 10.2. The molecule has 2 saturated heterocycles. The minimum Gasteiger partial charge on any atom is -0.355 e. The van der Waals surface area contributed by atoms with E-state index in [2.05, 4.69) is 37.1 Å². The fourth-order valence-corrected chi connectivity index (χ4v) is 4.44. The van der Waals surface area contributed by atoms with Crippen molar-refractivity contribution in [1.29, 1.82) is 0 Å². The Hall–Kier alpha value is -3.22. The zero-order chi connectivity index (χ0) is 21.0. The molecule has 2 aliphatic heterocycles. The molecule has 0 aliphatic carbocycles. The molecule has 7 heteroatoms. The van der Waals surface area contributed by atoms with Crippen LogP contribution in [0.3, 0.4) is 0 Å². The number of pyridine rings is 1. The Labute approximate surface area is 182 Å². The molecule has 160 valence electrons. The van der Waals surface area contributed by atoms with Gasteiger partial charge in [-0.2, -0.15) is 0 Å². The van der Waals surface area contributed by atoms with Gasteiger partial charge in [-0.25, -0.2) is 4.98 Å². The summed E-state index contributed by atoms with van der Waals surface area (Å²) in [6.45, 7) is 4.94. The van der Waals surface area contributed by atoms with Gasteiger partial charge in [0, 0.05) is 44.7 Å². The zero-order valence-corrected chi connectivity index (χ0v) is 17.8. The minimum atomic E-state index is -0.00648. The zero-order valence-electron chi connectivity index (χ0n) is 17.8. The molecule has 0 radical (unpaired) electrons. The van der Waals surface area contributed by atoms with Gasteiger partial charge in [-0.05, 0) is 37.1 Å². The highest BCUT2D eigenvalue weighted by Crippen LogP contribution is 2.20. The topological polar surface area (TPSA) is 65.5 Å². The lowest BCUT2D eigenvalue weighted by Crippen LogP contribution is -2.49. The highest BCUT2D eigenvalue weighted by Gasteiger charge is 2.24. The predicted octanol–water partition coefficient (Wildman–Crippen LogP) is 3.37. The number of amides is 1. The number of carbonyl (C=O) groups is 1. The van der Waals surface area contributed by atoms with E-state index in [4.69, 9.17) is 0 Å². The molecule has 0 unspecified atom stereocenters. The first kappa shape index (κ1) is 19.7. The van der Waals surface area contributed by atoms with Crippen molar-refractivity contribution in [2.24, 2.45) is 0 Å². The number of fused-ring (bicyclic) bond motifs is 1. The number of rotatable bonds is 3. The highest BCUT2D eigenvalue weighted by atomic mass is 16.2. The van der Waals surface area contributed by atoms with Crippen LogP contribution in [0, 0.1) is 0 Å². The maximum Gasteiger partial charge on any atom is 0.272 e. The smallest absolute Gasteiger partial charge is 0.272 e. The van der Waals surface area contributed by atoms with Crippen molar-refractivity contribution < 1.29 is 4.79 Å². The van der Waals surface area contributed by atoms with Crippen LogP contribution in [-0.2, 0) is 0 Å². The Balaban J connectivity index is 1.21. The first-order chi connectivity index (χ1) is 15.3. The molecule has 2 fully saturated rings. The third-order valence-electron chi connectivity index (χ3n) is 6.27. The molecule has 7 nitrogen and oxygen atoms in total. The molecule has 0 N–H and O–H groups in total. The molecule has 1 aromatic carbocycles. The van der Waals surface area contributed by atoms with Gasteiger partial charge in [0.25, 0.3) is 5.91 Å². The quantitative estimate of drug-likeness (QED) is 0.652. The van der Waals surface area contributed by atoms with E-state index in [0.29, 0.717) is 18.8 Å². The molecular weight excluding hydrogens is 388 g/mol. The average molecular weight is 417 g/mol. The summed E-state index contributed by atoms with van der Waals surface area (Å²) >= 11 is 0. The van der Waals surface area contributed by atoms with Crippen molar-refractivity contribution >= 4 is 28.4 Å². The lowest BCUT2D eigenvalue weighted by Gasteiger charge is -2.35. The normalized spacial score (nSPS) is 17.6. The predicted molar refractivity (Wildman–Crippen MR) is 123 cm³/mol. The molecule has 0 spiro atoms. The number of nitrogens with zero attached hydrogens (tertiary/aromatic N) is 6. The fourth-order valence-electron chi connectivity index (χ4n) is 4.44. The van der Waals surface area contributed by atoms with Gasteiger partial charge in [-0.3, -0.25) is 4.79 Å². The molecule has 4 heterocycles. The lowest BCUT2D eigenvalue weighted by molar-refractivity contribution is 0.0741. The van der Waals surface area contributed by atoms with Gasteiger partial charge in [0.2, 0.25) is 0 Å². The summed E-state index contributed by atoms with van der Waals surface area (Å²) < 4.78 is 0. The maximum absolute atomic E-state index is 12.9. The van der Waals surface area contributed by atoms with Crippen molar-refractivity contribution in [3.05, 3.63) is 54.2 Å². The molecule has 0 atom stereocenters. The van der Waals surface area contributed by atoms with Crippen LogP contribution in [0.5, 0.6) is 0 Å². The Morgan fingerprint density at radius 1 is 0.677 bits per heavy atom. The number of piperazine rings is 1. The number of aromatic nitrogens is 3.